The van der Waals surface area contributed by atoms with Crippen LogP contribution < -0.4 is 10.6 Å². The molecular formula is C29H37N3O5. The molecule has 0 radical (unpaired) electrons. The Morgan fingerprint density at radius 1 is 1.08 bits per heavy atom. The quantitative estimate of drug-likeness (QED) is 0.427. The van der Waals surface area contributed by atoms with Crippen LogP contribution in [0, 0.1) is 12.3 Å². The van der Waals surface area contributed by atoms with E-state index in [0.29, 0.717) is 17.5 Å². The van der Waals surface area contributed by atoms with Crippen molar-refractivity contribution in [2.75, 3.05) is 6.61 Å². The molecule has 0 saturated heterocycles. The van der Waals surface area contributed by atoms with Gasteiger partial charge in [0.1, 0.15) is 17.7 Å². The fourth-order valence-electron chi connectivity index (χ4n) is 3.78. The van der Waals surface area contributed by atoms with Gasteiger partial charge >= 0.3 is 6.09 Å². The average molecular weight is 508 g/mol. The van der Waals surface area contributed by atoms with E-state index in [1.807, 2.05) is 37.3 Å². The lowest BCUT2D eigenvalue weighted by molar-refractivity contribution is -0.145. The molecule has 8 heteroatoms. The van der Waals surface area contributed by atoms with Crippen molar-refractivity contribution in [1.82, 2.24) is 15.5 Å². The number of nitrogens with zero attached hydrogens (tertiary/aromatic N) is 1. The van der Waals surface area contributed by atoms with Gasteiger partial charge in [-0.25, -0.2) is 4.79 Å². The molecule has 3 N–H and O–H groups in total. The number of hydrogen-bond acceptors (Lipinski definition) is 5. The second-order valence-electron chi connectivity index (χ2n) is 9.72. The number of amides is 3. The van der Waals surface area contributed by atoms with Crippen LogP contribution >= 0.6 is 0 Å². The van der Waals surface area contributed by atoms with E-state index in [0.717, 1.165) is 5.56 Å². The molecule has 8 nitrogen and oxygen atoms in total. The van der Waals surface area contributed by atoms with Gasteiger partial charge in [-0.15, -0.1) is 6.42 Å². The summed E-state index contributed by atoms with van der Waals surface area (Å²) in [5.74, 6) is 1.53. The van der Waals surface area contributed by atoms with Crippen LogP contribution in [0.4, 0.5) is 4.79 Å². The molecule has 0 saturated carbocycles. The second kappa shape index (κ2) is 13.5. The summed E-state index contributed by atoms with van der Waals surface area (Å²) in [6.45, 7) is 8.33. The highest BCUT2D eigenvalue weighted by Gasteiger charge is 2.39. The van der Waals surface area contributed by atoms with Crippen LogP contribution in [-0.4, -0.2) is 52.2 Å². The van der Waals surface area contributed by atoms with Gasteiger partial charge in [0.15, 0.2) is 0 Å². The van der Waals surface area contributed by atoms with E-state index in [1.165, 1.54) is 4.90 Å². The zero-order valence-corrected chi connectivity index (χ0v) is 22.2. The molecule has 37 heavy (non-hydrogen) atoms. The molecular weight excluding hydrogens is 470 g/mol. The minimum Gasteiger partial charge on any atom is -0.444 e. The summed E-state index contributed by atoms with van der Waals surface area (Å²) in [7, 11) is 0. The smallest absolute Gasteiger partial charge is 0.408 e. The zero-order valence-electron chi connectivity index (χ0n) is 22.2. The third-order valence-electron chi connectivity index (χ3n) is 5.74. The Balaban J connectivity index is 2.49. The maximum Gasteiger partial charge on any atom is 0.408 e. The SMILES string of the molecule is C#Cc1ccccc1C(C(=O)NCc1ccccc1)N(C(=O)C(CO)NC(=O)OC(C)(C)C)C(C)CC. The minimum absolute atomic E-state index is 0.247. The number of nitrogens with one attached hydrogen (secondary N) is 2. The molecule has 2 aromatic carbocycles. The molecule has 0 aliphatic rings. The maximum absolute atomic E-state index is 13.8. The van der Waals surface area contributed by atoms with Crippen molar-refractivity contribution in [2.24, 2.45) is 0 Å². The highest BCUT2D eigenvalue weighted by Crippen LogP contribution is 2.28. The lowest BCUT2D eigenvalue weighted by Gasteiger charge is -2.38. The third-order valence-corrected chi connectivity index (χ3v) is 5.74. The van der Waals surface area contributed by atoms with Gasteiger partial charge < -0.3 is 25.4 Å². The first kappa shape index (κ1) is 29.4. The van der Waals surface area contributed by atoms with E-state index >= 15 is 0 Å². The molecule has 0 aliphatic carbocycles. The number of carbonyl (C=O) groups excluding carboxylic acids is 3. The zero-order chi connectivity index (χ0) is 27.6. The van der Waals surface area contributed by atoms with Gasteiger partial charge in [0.25, 0.3) is 0 Å². The molecule has 0 fully saturated rings. The molecule has 3 atom stereocenters. The summed E-state index contributed by atoms with van der Waals surface area (Å²) in [5, 5.41) is 15.4. The summed E-state index contributed by atoms with van der Waals surface area (Å²) in [5.41, 5.74) is 1.03. The molecule has 0 heterocycles. The molecule has 3 amide bonds. The Bertz CT molecular complexity index is 1100. The number of carbonyl (C=O) groups is 3. The number of aliphatic hydroxyl groups is 1. The number of alkyl carbamates (subject to hydrolysis) is 1. The van der Waals surface area contributed by atoms with Crippen molar-refractivity contribution in [3.8, 4) is 12.3 Å². The van der Waals surface area contributed by atoms with Crippen molar-refractivity contribution < 1.29 is 24.2 Å². The molecule has 0 aromatic heterocycles. The van der Waals surface area contributed by atoms with Crippen LogP contribution in [0.3, 0.4) is 0 Å². The monoisotopic (exact) mass is 507 g/mol. The standard InChI is InChI=1S/C29H37N3O5/c1-7-20(3)32(27(35)24(19-33)31-28(36)37-29(4,5)6)25(23-17-13-12-16-22(23)8-2)26(34)30-18-21-14-10-9-11-15-21/h2,9-17,20,24-25,33H,7,18-19H2,1,3-6H3,(H,30,34)(H,31,36). The summed E-state index contributed by atoms with van der Waals surface area (Å²) in [4.78, 5) is 41.3. The van der Waals surface area contributed by atoms with Crippen LogP contribution in [0.15, 0.2) is 54.6 Å². The molecule has 0 spiro atoms. The summed E-state index contributed by atoms with van der Waals surface area (Å²) >= 11 is 0. The van der Waals surface area contributed by atoms with Crippen molar-refractivity contribution in [2.45, 2.75) is 71.3 Å². The van der Waals surface area contributed by atoms with Crippen molar-refractivity contribution in [1.29, 1.82) is 0 Å². The molecule has 3 unspecified atom stereocenters. The number of aliphatic hydroxyl groups excluding tert-OH is 1. The van der Waals surface area contributed by atoms with Crippen LogP contribution in [0.1, 0.15) is 63.8 Å². The van der Waals surface area contributed by atoms with E-state index in [9.17, 15) is 19.5 Å². The Morgan fingerprint density at radius 2 is 1.70 bits per heavy atom. The summed E-state index contributed by atoms with van der Waals surface area (Å²) in [6.07, 6.45) is 5.41. The van der Waals surface area contributed by atoms with Gasteiger partial charge in [-0.2, -0.15) is 0 Å². The highest BCUT2D eigenvalue weighted by molar-refractivity contribution is 5.92. The topological polar surface area (TPSA) is 108 Å². The maximum atomic E-state index is 13.8. The average Bonchev–Trinajstić information content (AvgIpc) is 2.87. The molecule has 0 bridgehead atoms. The first-order chi connectivity index (χ1) is 17.5. The first-order valence-corrected chi connectivity index (χ1v) is 12.3. The van der Waals surface area contributed by atoms with Crippen LogP contribution in [0.2, 0.25) is 0 Å². The van der Waals surface area contributed by atoms with Crippen molar-refractivity contribution >= 4 is 17.9 Å². The van der Waals surface area contributed by atoms with E-state index in [2.05, 4.69) is 16.6 Å². The van der Waals surface area contributed by atoms with Gasteiger partial charge in [-0.1, -0.05) is 61.4 Å². The van der Waals surface area contributed by atoms with Gasteiger partial charge in [0, 0.05) is 18.2 Å². The van der Waals surface area contributed by atoms with E-state index < -0.39 is 48.2 Å². The lowest BCUT2D eigenvalue weighted by Crippen LogP contribution is -2.56. The van der Waals surface area contributed by atoms with Crippen LogP contribution in [-0.2, 0) is 20.9 Å². The van der Waals surface area contributed by atoms with Crippen LogP contribution in [0.25, 0.3) is 0 Å². The number of rotatable bonds is 10. The number of terminal acetylenes is 1. The Kier molecular flexibility index (Phi) is 10.7. The third kappa shape index (κ3) is 8.36. The Hall–Kier alpha value is -3.83. The van der Waals surface area contributed by atoms with Gasteiger partial charge in [-0.05, 0) is 51.3 Å². The molecule has 2 rings (SSSR count). The van der Waals surface area contributed by atoms with E-state index in [1.54, 1.807) is 52.0 Å². The minimum atomic E-state index is -1.33. The number of ether oxygens (including phenoxy) is 1. The lowest BCUT2D eigenvalue weighted by atomic mass is 9.95. The highest BCUT2D eigenvalue weighted by atomic mass is 16.6. The Morgan fingerprint density at radius 3 is 2.27 bits per heavy atom. The van der Waals surface area contributed by atoms with Crippen molar-refractivity contribution in [3.63, 3.8) is 0 Å². The summed E-state index contributed by atoms with van der Waals surface area (Å²) in [6, 6.07) is 13.4. The first-order valence-electron chi connectivity index (χ1n) is 12.3. The number of benzene rings is 2. The Labute approximate surface area is 219 Å². The predicted octanol–water partition coefficient (Wildman–Crippen LogP) is 3.54. The normalized spacial score (nSPS) is 13.4. The van der Waals surface area contributed by atoms with Gasteiger partial charge in [-0.3, -0.25) is 9.59 Å². The predicted molar refractivity (Wildman–Crippen MR) is 142 cm³/mol. The van der Waals surface area contributed by atoms with E-state index in [4.69, 9.17) is 11.2 Å². The largest absolute Gasteiger partial charge is 0.444 e. The van der Waals surface area contributed by atoms with Gasteiger partial charge in [0.05, 0.1) is 6.61 Å². The van der Waals surface area contributed by atoms with Crippen molar-refractivity contribution in [3.05, 3.63) is 71.3 Å². The van der Waals surface area contributed by atoms with Crippen LogP contribution in [0.5, 0.6) is 0 Å². The molecule has 198 valence electrons. The molecule has 0 aliphatic heterocycles. The fraction of sp³-hybridized carbons (Fsp3) is 0.414. The van der Waals surface area contributed by atoms with E-state index in [-0.39, 0.29) is 6.54 Å². The summed E-state index contributed by atoms with van der Waals surface area (Å²) < 4.78 is 5.27. The van der Waals surface area contributed by atoms with Gasteiger partial charge in [0.2, 0.25) is 11.8 Å². The number of hydrogen-bond donors (Lipinski definition) is 3. The fourth-order valence-corrected chi connectivity index (χ4v) is 3.78. The molecule has 2 aromatic rings. The second-order valence-corrected chi connectivity index (χ2v) is 9.72.